The van der Waals surface area contributed by atoms with Crippen LogP contribution in [0.1, 0.15) is 74.6 Å². The number of likely N-dealkylation sites (tertiary alicyclic amines) is 1. The minimum atomic E-state index is -1.34. The zero-order chi connectivity index (χ0) is 22.9. The molecule has 1 aromatic heterocycles. The smallest absolute Gasteiger partial charge is 0.252 e. The molecule has 3 N–H and O–H groups in total. The molecule has 0 bridgehead atoms. The molecule has 1 amide bonds. The minimum Gasteiger partial charge on any atom is -0.393 e. The van der Waals surface area contributed by atoms with Gasteiger partial charge in [-0.3, -0.25) is 4.79 Å². The number of hydrogen-bond donors (Lipinski definition) is 3. The summed E-state index contributed by atoms with van der Waals surface area (Å²) in [6.45, 7) is 10.3. The van der Waals surface area contributed by atoms with Gasteiger partial charge in [0.05, 0.1) is 18.3 Å². The van der Waals surface area contributed by atoms with Crippen molar-refractivity contribution < 1.29 is 19.7 Å². The fourth-order valence-corrected chi connectivity index (χ4v) is 6.93. The second-order valence-electron chi connectivity index (χ2n) is 9.90. The Labute approximate surface area is 196 Å². The molecule has 1 spiro atoms. The third-order valence-corrected chi connectivity index (χ3v) is 9.07. The lowest BCUT2D eigenvalue weighted by atomic mass is 9.75. The minimum absolute atomic E-state index is 0.0626. The first-order valence-corrected chi connectivity index (χ1v) is 13.4. The maximum Gasteiger partial charge on any atom is 0.252 e. The molecule has 0 unspecified atom stereocenters. The van der Waals surface area contributed by atoms with Gasteiger partial charge in [-0.2, -0.15) is 0 Å². The van der Waals surface area contributed by atoms with Crippen molar-refractivity contribution in [1.82, 2.24) is 10.2 Å². The van der Waals surface area contributed by atoms with Gasteiger partial charge in [0.2, 0.25) is 0 Å². The summed E-state index contributed by atoms with van der Waals surface area (Å²) < 4.78 is 6.39. The number of aliphatic hydroxyl groups excluding tert-OH is 1. The molecule has 180 valence electrons. The Kier molecular flexibility index (Phi) is 7.32. The molecule has 32 heavy (non-hydrogen) atoms. The monoisotopic (exact) mass is 464 g/mol. The van der Waals surface area contributed by atoms with Crippen molar-refractivity contribution in [1.29, 1.82) is 0 Å². The molecule has 3 fully saturated rings. The fourth-order valence-electron chi connectivity index (χ4n) is 5.75. The van der Waals surface area contributed by atoms with Crippen molar-refractivity contribution in [3.05, 3.63) is 21.4 Å². The van der Waals surface area contributed by atoms with Crippen molar-refractivity contribution in [2.75, 3.05) is 26.2 Å². The zero-order valence-corrected chi connectivity index (χ0v) is 20.7. The van der Waals surface area contributed by atoms with E-state index in [1.165, 1.54) is 10.4 Å². The summed E-state index contributed by atoms with van der Waals surface area (Å²) in [5.74, 6) is 0.310. The molecular formula is C25H40N2O4S. The second kappa shape index (κ2) is 9.71. The van der Waals surface area contributed by atoms with Gasteiger partial charge in [0.15, 0.2) is 0 Å². The van der Waals surface area contributed by atoms with E-state index >= 15 is 0 Å². The van der Waals surface area contributed by atoms with Gasteiger partial charge in [-0.25, -0.2) is 0 Å². The highest BCUT2D eigenvalue weighted by Crippen LogP contribution is 2.45. The van der Waals surface area contributed by atoms with E-state index in [0.717, 1.165) is 64.8 Å². The number of piperidine rings is 1. The van der Waals surface area contributed by atoms with E-state index < -0.39 is 11.7 Å². The number of aliphatic hydroxyl groups is 2. The lowest BCUT2D eigenvalue weighted by Gasteiger charge is -2.47. The number of hydrogen-bond acceptors (Lipinski definition) is 6. The van der Waals surface area contributed by atoms with E-state index in [2.05, 4.69) is 23.2 Å². The van der Waals surface area contributed by atoms with Crippen molar-refractivity contribution >= 4 is 17.2 Å². The number of rotatable bonds is 5. The summed E-state index contributed by atoms with van der Waals surface area (Å²) in [4.78, 5) is 17.8. The predicted octanol–water partition coefficient (Wildman–Crippen LogP) is 2.98. The average Bonchev–Trinajstić information content (AvgIpc) is 3.19. The summed E-state index contributed by atoms with van der Waals surface area (Å²) in [6.07, 6.45) is 6.07. The summed E-state index contributed by atoms with van der Waals surface area (Å²) in [7, 11) is 0. The maximum atomic E-state index is 12.2. The molecule has 3 heterocycles. The maximum absolute atomic E-state index is 12.2. The topological polar surface area (TPSA) is 82.0 Å². The molecule has 0 atom stereocenters. The summed E-state index contributed by atoms with van der Waals surface area (Å²) in [5.41, 5.74) is 0.0669. The van der Waals surface area contributed by atoms with Gasteiger partial charge in [-0.05, 0) is 49.7 Å². The molecule has 7 heteroatoms. The van der Waals surface area contributed by atoms with Crippen LogP contribution in [0.25, 0.3) is 0 Å². The lowest BCUT2D eigenvalue weighted by molar-refractivity contribution is -0.164. The van der Waals surface area contributed by atoms with Crippen LogP contribution in [0.5, 0.6) is 0 Å². The molecule has 0 radical (unpaired) electrons. The largest absolute Gasteiger partial charge is 0.393 e. The van der Waals surface area contributed by atoms with Crippen LogP contribution in [0.4, 0.5) is 0 Å². The average molecular weight is 465 g/mol. The van der Waals surface area contributed by atoms with Crippen LogP contribution in [-0.4, -0.2) is 65.0 Å². The molecule has 4 aliphatic rings. The number of carbonyl (C=O) groups is 1. The Morgan fingerprint density at radius 2 is 1.97 bits per heavy atom. The van der Waals surface area contributed by atoms with Gasteiger partial charge < -0.3 is 25.2 Å². The number of ether oxygens (including phenoxy) is 1. The third-order valence-electron chi connectivity index (χ3n) is 7.73. The van der Waals surface area contributed by atoms with Gasteiger partial charge in [-0.15, -0.1) is 11.3 Å². The van der Waals surface area contributed by atoms with Gasteiger partial charge in [0, 0.05) is 54.7 Å². The van der Waals surface area contributed by atoms with Gasteiger partial charge >= 0.3 is 0 Å². The van der Waals surface area contributed by atoms with Gasteiger partial charge in [-0.1, -0.05) is 20.8 Å². The molecule has 1 saturated heterocycles. The molecular weight excluding hydrogens is 424 g/mol. The highest BCUT2D eigenvalue weighted by Gasteiger charge is 2.49. The first-order chi connectivity index (χ1) is 15.4. The molecule has 2 aliphatic heterocycles. The van der Waals surface area contributed by atoms with E-state index in [-0.39, 0.29) is 30.4 Å². The quantitative estimate of drug-likeness (QED) is 0.624. The predicted molar refractivity (Wildman–Crippen MR) is 127 cm³/mol. The summed E-state index contributed by atoms with van der Waals surface area (Å²) in [5, 5.41) is 22.5. The van der Waals surface area contributed by atoms with E-state index in [9.17, 15) is 15.0 Å². The van der Waals surface area contributed by atoms with Crippen molar-refractivity contribution in [3.8, 4) is 0 Å². The van der Waals surface area contributed by atoms with Crippen LogP contribution in [-0.2, 0) is 28.0 Å². The number of carbonyl (C=O) groups excluding carboxylic acids is 1. The van der Waals surface area contributed by atoms with Crippen LogP contribution in [0.15, 0.2) is 6.07 Å². The molecule has 0 aromatic carbocycles. The number of thiophene rings is 1. The van der Waals surface area contributed by atoms with E-state index in [1.807, 2.05) is 25.2 Å². The Hall–Kier alpha value is -0.990. The van der Waals surface area contributed by atoms with Crippen molar-refractivity contribution in [3.63, 3.8) is 0 Å². The first-order valence-electron chi connectivity index (χ1n) is 12.6. The highest BCUT2D eigenvalue weighted by molar-refractivity contribution is 7.12. The standard InChI is InChI=1S/C23H34N2O4S.C2H6/c1-2-18-11-19-20(30-18)3-8-29-23(19)4-6-25(7-5-23)14-15-9-16(10-15)24-21(27)22(28)12-17(26)13-22;1-2/h11,15-17,26,28H,2-10,12-14H2,1H3,(H,24,27);1-2H3. The molecule has 6 nitrogen and oxygen atoms in total. The Balaban J connectivity index is 0.00000119. The summed E-state index contributed by atoms with van der Waals surface area (Å²) in [6, 6.07) is 2.58. The number of fused-ring (bicyclic) bond motifs is 2. The Morgan fingerprint density at radius 1 is 1.28 bits per heavy atom. The van der Waals surface area contributed by atoms with Crippen LogP contribution in [0.2, 0.25) is 0 Å². The SMILES string of the molecule is CC.CCc1cc2c(s1)CCOC21CCN(CC2CC(NC(=O)C3(O)CC(O)C3)C2)CC1. The molecule has 2 aliphatic carbocycles. The number of nitrogens with zero attached hydrogens (tertiary/aromatic N) is 1. The zero-order valence-electron chi connectivity index (χ0n) is 19.9. The lowest BCUT2D eigenvalue weighted by Crippen LogP contribution is -2.61. The molecule has 2 saturated carbocycles. The van der Waals surface area contributed by atoms with Crippen LogP contribution < -0.4 is 5.32 Å². The van der Waals surface area contributed by atoms with E-state index in [4.69, 9.17) is 4.74 Å². The van der Waals surface area contributed by atoms with Gasteiger partial charge in [0.1, 0.15) is 5.60 Å². The van der Waals surface area contributed by atoms with Crippen molar-refractivity contribution in [2.45, 2.75) is 95.5 Å². The van der Waals surface area contributed by atoms with Crippen LogP contribution in [0, 0.1) is 5.92 Å². The normalized spacial score (nSPS) is 33.3. The number of amides is 1. The van der Waals surface area contributed by atoms with Crippen LogP contribution >= 0.6 is 11.3 Å². The van der Waals surface area contributed by atoms with Crippen molar-refractivity contribution in [2.24, 2.45) is 5.92 Å². The Morgan fingerprint density at radius 3 is 2.59 bits per heavy atom. The van der Waals surface area contributed by atoms with E-state index in [1.54, 1.807) is 4.88 Å². The fraction of sp³-hybridized carbons (Fsp3) is 0.800. The molecule has 5 rings (SSSR count). The first kappa shape index (κ1) is 24.1. The third kappa shape index (κ3) is 4.64. The van der Waals surface area contributed by atoms with Gasteiger partial charge in [0.25, 0.3) is 5.91 Å². The van der Waals surface area contributed by atoms with E-state index in [0.29, 0.717) is 5.92 Å². The summed E-state index contributed by atoms with van der Waals surface area (Å²) >= 11 is 1.98. The highest BCUT2D eigenvalue weighted by atomic mass is 32.1. The molecule has 1 aromatic rings. The second-order valence-corrected chi connectivity index (χ2v) is 11.1. The van der Waals surface area contributed by atoms with Crippen LogP contribution in [0.3, 0.4) is 0 Å². The Bertz CT molecular complexity index is 790. The number of nitrogens with one attached hydrogen (secondary N) is 1. The number of aryl methyl sites for hydroxylation is 1.